The molecule has 0 fully saturated rings. The van der Waals surface area contributed by atoms with Crippen molar-refractivity contribution in [3.8, 4) is 0 Å². The topological polar surface area (TPSA) is 200 Å². The lowest BCUT2D eigenvalue weighted by molar-refractivity contribution is -0.190. The van der Waals surface area contributed by atoms with Crippen LogP contribution >= 0.6 is 0 Å². The van der Waals surface area contributed by atoms with E-state index >= 15 is 0 Å². The van der Waals surface area contributed by atoms with E-state index in [0.717, 1.165) is 0 Å². The lowest BCUT2D eigenvalue weighted by atomic mass is 9.99. The number of hydrogen-bond donors (Lipinski definition) is 6. The molecule has 0 aromatic carbocycles. The van der Waals surface area contributed by atoms with Crippen molar-refractivity contribution < 1.29 is 59.2 Å². The Morgan fingerprint density at radius 2 is 1.06 bits per heavy atom. The van der Waals surface area contributed by atoms with Gasteiger partial charge in [0.15, 0.2) is 6.10 Å². The van der Waals surface area contributed by atoms with Gasteiger partial charge >= 0.3 is 17.9 Å². The van der Waals surface area contributed by atoms with Gasteiger partial charge in [-0.05, 0) is 18.8 Å². The van der Waals surface area contributed by atoms with Crippen molar-refractivity contribution in [3.05, 3.63) is 0 Å². The molecule has 6 N–H and O–H groups in total. The zero-order valence-corrected chi connectivity index (χ0v) is 21.9. The van der Waals surface area contributed by atoms with Crippen molar-refractivity contribution in [3.63, 3.8) is 0 Å². The van der Waals surface area contributed by atoms with E-state index < -0.39 is 91.6 Å². The first-order valence-electron chi connectivity index (χ1n) is 12.4. The van der Waals surface area contributed by atoms with E-state index in [-0.39, 0.29) is 0 Å². The van der Waals surface area contributed by atoms with E-state index in [4.69, 9.17) is 19.3 Å². The molecule has 0 radical (unpaired) electrons. The molecule has 0 rings (SSSR count). The third-order valence-corrected chi connectivity index (χ3v) is 6.42. The van der Waals surface area contributed by atoms with Gasteiger partial charge in [0.25, 0.3) is 0 Å². The third kappa shape index (κ3) is 10.3. The maximum atomic E-state index is 13.0. The molecule has 0 saturated heterocycles. The Hall–Kier alpha value is -1.83. The highest BCUT2D eigenvalue weighted by atomic mass is 16.6. The minimum absolute atomic E-state index is 0.389. The fourth-order valence-electron chi connectivity index (χ4n) is 2.98. The first-order valence-corrected chi connectivity index (χ1v) is 12.4. The predicted octanol–water partition coefficient (Wildman–Crippen LogP) is -0.712. The van der Waals surface area contributed by atoms with Crippen molar-refractivity contribution in [1.29, 1.82) is 0 Å². The number of rotatable bonds is 17. The summed E-state index contributed by atoms with van der Waals surface area (Å²) in [6.45, 7) is 8.54. The zero-order chi connectivity index (χ0) is 28.2. The van der Waals surface area contributed by atoms with Gasteiger partial charge in [0, 0.05) is 11.8 Å². The Bertz CT molecular complexity index is 671. The molecule has 0 heterocycles. The molecular formula is C24H44O12. The Morgan fingerprint density at radius 1 is 0.639 bits per heavy atom. The Labute approximate surface area is 212 Å². The van der Waals surface area contributed by atoms with Gasteiger partial charge in [-0.15, -0.1) is 0 Å². The fraction of sp³-hybridized carbons (Fsp3) is 0.875. The van der Waals surface area contributed by atoms with Crippen molar-refractivity contribution >= 4 is 17.9 Å². The monoisotopic (exact) mass is 524 g/mol. The molecule has 0 aromatic heterocycles. The standard InChI is InChI=1S/C24H44O12/c1-7-12(4)17(28)22(31)35-21(14(6)9-3)24(33)36-20(13(5)8-2)23(32)34-11-16(27)19(30)18(29)15(26)10-25/h12-21,25-30H,7-11H2,1-6H3/t12-,13-,14-,15-,16+,17+,18-,19+,20-,21-/m0/s1. The second-order valence-electron chi connectivity index (χ2n) is 9.24. The summed E-state index contributed by atoms with van der Waals surface area (Å²) in [4.78, 5) is 38.0. The number of hydrogen-bond acceptors (Lipinski definition) is 12. The molecule has 0 amide bonds. The molecule has 0 aliphatic heterocycles. The molecule has 0 aromatic rings. The Balaban J connectivity index is 5.45. The number of aliphatic hydroxyl groups excluding tert-OH is 6. The van der Waals surface area contributed by atoms with E-state index in [1.807, 2.05) is 0 Å². The molecule has 0 aliphatic carbocycles. The van der Waals surface area contributed by atoms with Crippen LogP contribution in [0.15, 0.2) is 0 Å². The Morgan fingerprint density at radius 3 is 1.50 bits per heavy atom. The van der Waals surface area contributed by atoms with Gasteiger partial charge in [0.2, 0.25) is 12.2 Å². The molecule has 12 heteroatoms. The minimum atomic E-state index is -1.93. The van der Waals surface area contributed by atoms with Gasteiger partial charge < -0.3 is 44.8 Å². The fourth-order valence-corrected chi connectivity index (χ4v) is 2.98. The molecule has 36 heavy (non-hydrogen) atoms. The quantitative estimate of drug-likeness (QED) is 0.103. The summed E-state index contributed by atoms with van der Waals surface area (Å²) in [5.74, 6) is -4.45. The molecule has 10 atom stereocenters. The zero-order valence-electron chi connectivity index (χ0n) is 21.9. The van der Waals surface area contributed by atoms with Crippen LogP contribution in [-0.2, 0) is 28.6 Å². The van der Waals surface area contributed by atoms with Crippen molar-refractivity contribution in [2.45, 2.75) is 104 Å². The maximum Gasteiger partial charge on any atom is 0.348 e. The van der Waals surface area contributed by atoms with Crippen LogP contribution in [-0.4, -0.2) is 104 Å². The third-order valence-electron chi connectivity index (χ3n) is 6.42. The predicted molar refractivity (Wildman–Crippen MR) is 126 cm³/mol. The summed E-state index contributed by atoms with van der Waals surface area (Å²) in [5.41, 5.74) is 0. The summed E-state index contributed by atoms with van der Waals surface area (Å²) in [6, 6.07) is 0. The normalized spacial score (nSPS) is 20.0. The lowest BCUT2D eigenvalue weighted by Crippen LogP contribution is -2.48. The van der Waals surface area contributed by atoms with Crippen LogP contribution in [0.2, 0.25) is 0 Å². The molecule has 0 spiro atoms. The molecule has 0 aliphatic rings. The average Bonchev–Trinajstić information content (AvgIpc) is 2.89. The number of aliphatic hydroxyl groups is 6. The molecular weight excluding hydrogens is 480 g/mol. The lowest BCUT2D eigenvalue weighted by Gasteiger charge is -2.28. The smallest absolute Gasteiger partial charge is 0.348 e. The average molecular weight is 525 g/mol. The van der Waals surface area contributed by atoms with Crippen molar-refractivity contribution in [2.24, 2.45) is 17.8 Å². The summed E-state index contributed by atoms with van der Waals surface area (Å²) in [5, 5.41) is 57.9. The van der Waals surface area contributed by atoms with E-state index in [2.05, 4.69) is 0 Å². The minimum Gasteiger partial charge on any atom is -0.460 e. The van der Waals surface area contributed by atoms with Crippen molar-refractivity contribution in [2.75, 3.05) is 13.2 Å². The second kappa shape index (κ2) is 16.8. The van der Waals surface area contributed by atoms with E-state index in [9.17, 15) is 39.9 Å². The number of ether oxygens (including phenoxy) is 3. The highest BCUT2D eigenvalue weighted by molar-refractivity contribution is 5.84. The van der Waals surface area contributed by atoms with Crippen LogP contribution in [0.5, 0.6) is 0 Å². The highest BCUT2D eigenvalue weighted by Gasteiger charge is 2.38. The van der Waals surface area contributed by atoms with Gasteiger partial charge in [-0.25, -0.2) is 14.4 Å². The van der Waals surface area contributed by atoms with E-state index in [0.29, 0.717) is 19.3 Å². The maximum absolute atomic E-state index is 13.0. The summed E-state index contributed by atoms with van der Waals surface area (Å²) in [6.07, 6.45) is -10.3. The van der Waals surface area contributed by atoms with E-state index in [1.54, 1.807) is 41.5 Å². The second-order valence-corrected chi connectivity index (χ2v) is 9.24. The summed E-state index contributed by atoms with van der Waals surface area (Å²) in [7, 11) is 0. The van der Waals surface area contributed by atoms with Crippen LogP contribution < -0.4 is 0 Å². The molecule has 212 valence electrons. The van der Waals surface area contributed by atoms with Gasteiger partial charge in [-0.3, -0.25) is 0 Å². The number of esters is 3. The first kappa shape index (κ1) is 34.2. The van der Waals surface area contributed by atoms with Crippen LogP contribution in [0.25, 0.3) is 0 Å². The SMILES string of the molecule is CC[C@H](C)[C@H](OC(=O)[C@@H](OC(=O)[C@H](O)[C@@H](C)CC)[C@@H](C)CC)C(=O)OC[C@@H](O)[C@@H](O)[C@@H](O)[C@@H](O)CO. The first-order chi connectivity index (χ1) is 16.8. The highest BCUT2D eigenvalue weighted by Crippen LogP contribution is 2.21. The number of carbonyl (C=O) groups excluding carboxylic acids is 3. The Kier molecular flexibility index (Phi) is 16.0. The summed E-state index contributed by atoms with van der Waals surface area (Å²) >= 11 is 0. The van der Waals surface area contributed by atoms with Crippen molar-refractivity contribution in [1.82, 2.24) is 0 Å². The van der Waals surface area contributed by atoms with Crippen LogP contribution in [0.4, 0.5) is 0 Å². The van der Waals surface area contributed by atoms with Crippen LogP contribution in [0.1, 0.15) is 60.8 Å². The molecule has 12 nitrogen and oxygen atoms in total. The molecule has 0 unspecified atom stereocenters. The van der Waals surface area contributed by atoms with Gasteiger partial charge in [0.05, 0.1) is 6.61 Å². The van der Waals surface area contributed by atoms with Crippen LogP contribution in [0, 0.1) is 17.8 Å². The van der Waals surface area contributed by atoms with E-state index in [1.165, 1.54) is 0 Å². The number of carbonyl (C=O) groups is 3. The van der Waals surface area contributed by atoms with Gasteiger partial charge in [-0.2, -0.15) is 0 Å². The van der Waals surface area contributed by atoms with Crippen LogP contribution in [0.3, 0.4) is 0 Å². The largest absolute Gasteiger partial charge is 0.460 e. The molecule has 0 bridgehead atoms. The van der Waals surface area contributed by atoms with Gasteiger partial charge in [0.1, 0.15) is 31.0 Å². The molecule has 0 saturated carbocycles. The van der Waals surface area contributed by atoms with Gasteiger partial charge in [-0.1, -0.05) is 48.0 Å². The summed E-state index contributed by atoms with van der Waals surface area (Å²) < 4.78 is 15.6.